The van der Waals surface area contributed by atoms with Crippen molar-refractivity contribution in [2.24, 2.45) is 0 Å². The lowest BCUT2D eigenvalue weighted by Gasteiger charge is -2.11. The number of ether oxygens (including phenoxy) is 1. The molecule has 1 N–H and O–H groups in total. The molecule has 94 valence electrons. The number of halogens is 1. The third kappa shape index (κ3) is 5.17. The number of rotatable bonds is 5. The molecule has 0 spiro atoms. The van der Waals surface area contributed by atoms with Gasteiger partial charge in [0.1, 0.15) is 0 Å². The third-order valence-corrected chi connectivity index (χ3v) is 2.03. The number of carbonyl (C=O) groups excluding carboxylic acids is 1. The summed E-state index contributed by atoms with van der Waals surface area (Å²) in [5.74, 6) is -0.652. The van der Waals surface area contributed by atoms with E-state index >= 15 is 0 Å². The smallest absolute Gasteiger partial charge is 0.334 e. The van der Waals surface area contributed by atoms with Crippen LogP contribution >= 0.6 is 12.4 Å². The average molecular weight is 261 g/mol. The summed E-state index contributed by atoms with van der Waals surface area (Å²) < 4.78 is 4.48. The first-order chi connectivity index (χ1) is 7.63. The lowest BCUT2D eigenvalue weighted by atomic mass is 10.1. The maximum Gasteiger partial charge on any atom is 0.334 e. The van der Waals surface area contributed by atoms with Crippen molar-refractivity contribution >= 4 is 18.4 Å². The molecular weight excluding hydrogens is 248 g/mol. The lowest BCUT2D eigenvalue weighted by Crippen LogP contribution is -2.42. The number of methoxy groups -OCH3 is 1. The van der Waals surface area contributed by atoms with Gasteiger partial charge in [0, 0.05) is 6.42 Å². The average Bonchev–Trinajstić information content (AvgIpc) is 2.28. The van der Waals surface area contributed by atoms with Crippen LogP contribution in [0.25, 0.3) is 0 Å². The highest BCUT2D eigenvalue weighted by atomic mass is 35.5. The molecule has 0 bridgehead atoms. The molecule has 0 aliphatic rings. The molecule has 0 aromatic heterocycles. The number of hydrazine groups is 1. The van der Waals surface area contributed by atoms with Crippen molar-refractivity contribution < 1.29 is 14.6 Å². The van der Waals surface area contributed by atoms with Crippen LogP contribution in [-0.2, 0) is 16.0 Å². The molecule has 0 amide bonds. The van der Waals surface area contributed by atoms with E-state index in [9.17, 15) is 14.9 Å². The van der Waals surface area contributed by atoms with E-state index in [4.69, 9.17) is 0 Å². The second-order valence-corrected chi connectivity index (χ2v) is 3.15. The monoisotopic (exact) mass is 260 g/mol. The summed E-state index contributed by atoms with van der Waals surface area (Å²) in [6.45, 7) is 0. The Labute approximate surface area is 104 Å². The van der Waals surface area contributed by atoms with Gasteiger partial charge in [0.25, 0.3) is 0 Å². The largest absolute Gasteiger partial charge is 0.467 e. The molecule has 0 saturated heterocycles. The van der Waals surface area contributed by atoms with E-state index in [1.807, 2.05) is 11.5 Å². The maximum atomic E-state index is 11.3. The number of nitro groups is 1. The molecule has 1 rings (SSSR count). The van der Waals surface area contributed by atoms with Crippen molar-refractivity contribution in [1.29, 1.82) is 0 Å². The van der Waals surface area contributed by atoms with Crippen molar-refractivity contribution in [3.05, 3.63) is 46.0 Å². The molecule has 1 unspecified atom stereocenters. The fraction of sp³-hybridized carbons (Fsp3) is 0.300. The molecule has 1 aromatic rings. The Morgan fingerprint density at radius 1 is 1.47 bits per heavy atom. The number of hydrogen-bond donors (Lipinski definition) is 1. The van der Waals surface area contributed by atoms with Crippen LogP contribution in [0.2, 0.25) is 0 Å². The number of nitrogens with zero attached hydrogens (tertiary/aromatic N) is 1. The van der Waals surface area contributed by atoms with Gasteiger partial charge in [-0.05, 0) is 5.56 Å². The summed E-state index contributed by atoms with van der Waals surface area (Å²) in [6, 6.07) is 8.04. The summed E-state index contributed by atoms with van der Waals surface area (Å²) in [5.41, 5.74) is 2.75. The van der Waals surface area contributed by atoms with E-state index in [2.05, 4.69) is 4.74 Å². The first-order valence-electron chi connectivity index (χ1n) is 4.66. The topological polar surface area (TPSA) is 81.5 Å². The number of hydrogen-bond acceptors (Lipinski definition) is 4. The van der Waals surface area contributed by atoms with Gasteiger partial charge >= 0.3 is 5.97 Å². The first-order valence-corrected chi connectivity index (χ1v) is 4.66. The summed E-state index contributed by atoms with van der Waals surface area (Å²) >= 11 is 0. The molecular formula is C10H13ClN2O4. The summed E-state index contributed by atoms with van der Waals surface area (Å²) in [7, 11) is 1.20. The molecule has 0 radical (unpaired) electrons. The Bertz CT molecular complexity index is 372. The number of carbonyl (C=O) groups is 1. The van der Waals surface area contributed by atoms with E-state index in [-0.39, 0.29) is 18.8 Å². The van der Waals surface area contributed by atoms with Gasteiger partial charge in [-0.2, -0.15) is 0 Å². The highest BCUT2D eigenvalue weighted by molar-refractivity contribution is 5.85. The summed E-state index contributed by atoms with van der Waals surface area (Å²) in [5, 5.41) is 9.56. The predicted molar refractivity (Wildman–Crippen MR) is 63.3 cm³/mol. The fourth-order valence-electron chi connectivity index (χ4n) is 1.30. The first kappa shape index (κ1) is 15.2. The van der Waals surface area contributed by atoms with E-state index in [1.54, 1.807) is 24.3 Å². The number of nitrogens with one attached hydrogen (secondary N) is 1. The van der Waals surface area contributed by atoms with E-state index in [0.29, 0.717) is 0 Å². The van der Waals surface area contributed by atoms with Crippen molar-refractivity contribution in [3.8, 4) is 0 Å². The van der Waals surface area contributed by atoms with Crippen LogP contribution in [0.1, 0.15) is 5.56 Å². The zero-order valence-electron chi connectivity index (χ0n) is 9.16. The second-order valence-electron chi connectivity index (χ2n) is 3.15. The SMILES string of the molecule is COC(=O)C(Cc1ccccc1)N[N+](=O)[O-].Cl. The van der Waals surface area contributed by atoms with Gasteiger partial charge in [-0.15, -0.1) is 17.8 Å². The lowest BCUT2D eigenvalue weighted by molar-refractivity contribution is -0.548. The molecule has 0 heterocycles. The maximum absolute atomic E-state index is 11.3. The van der Waals surface area contributed by atoms with Crippen LogP contribution in [0.3, 0.4) is 0 Å². The summed E-state index contributed by atoms with van der Waals surface area (Å²) in [4.78, 5) is 21.6. The van der Waals surface area contributed by atoms with Crippen molar-refractivity contribution in [2.45, 2.75) is 12.5 Å². The Morgan fingerprint density at radius 3 is 2.53 bits per heavy atom. The number of benzene rings is 1. The standard InChI is InChI=1S/C10H12N2O4.ClH/c1-16-10(13)9(11-12(14)15)7-8-5-3-2-4-6-8;/h2-6,9,11H,7H2,1H3;1H. The minimum Gasteiger partial charge on any atom is -0.467 e. The van der Waals surface area contributed by atoms with Crippen LogP contribution in [0.15, 0.2) is 30.3 Å². The normalized spacial score (nSPS) is 10.9. The molecule has 17 heavy (non-hydrogen) atoms. The van der Waals surface area contributed by atoms with Crippen LogP contribution in [-0.4, -0.2) is 24.2 Å². The molecule has 6 nitrogen and oxygen atoms in total. The Balaban J connectivity index is 0.00000256. The second kappa shape index (κ2) is 7.45. The zero-order valence-corrected chi connectivity index (χ0v) is 9.98. The van der Waals surface area contributed by atoms with E-state index in [0.717, 1.165) is 5.56 Å². The molecule has 7 heteroatoms. The van der Waals surface area contributed by atoms with Gasteiger partial charge in [-0.25, -0.2) is 14.9 Å². The Hall–Kier alpha value is -1.82. The Morgan fingerprint density at radius 2 is 2.06 bits per heavy atom. The van der Waals surface area contributed by atoms with Gasteiger partial charge in [-0.3, -0.25) is 0 Å². The predicted octanol–water partition coefficient (Wildman–Crippen LogP) is 0.974. The zero-order chi connectivity index (χ0) is 12.0. The van der Waals surface area contributed by atoms with Gasteiger partial charge in [0.2, 0.25) is 0 Å². The highest BCUT2D eigenvalue weighted by Gasteiger charge is 2.23. The minimum absolute atomic E-state index is 0. The Kier molecular flexibility index (Phi) is 6.65. The molecule has 0 saturated carbocycles. The van der Waals surface area contributed by atoms with Gasteiger partial charge in [0.05, 0.1) is 7.11 Å². The third-order valence-electron chi connectivity index (χ3n) is 2.03. The quantitative estimate of drug-likeness (QED) is 0.485. The minimum atomic E-state index is -0.970. The summed E-state index contributed by atoms with van der Waals surface area (Å²) in [6.07, 6.45) is 0.217. The van der Waals surface area contributed by atoms with E-state index < -0.39 is 17.0 Å². The van der Waals surface area contributed by atoms with Crippen molar-refractivity contribution in [2.75, 3.05) is 7.11 Å². The highest BCUT2D eigenvalue weighted by Crippen LogP contribution is 2.04. The van der Waals surface area contributed by atoms with Crippen LogP contribution in [0, 0.1) is 10.1 Å². The van der Waals surface area contributed by atoms with Crippen molar-refractivity contribution in [1.82, 2.24) is 5.43 Å². The number of esters is 1. The fourth-order valence-corrected chi connectivity index (χ4v) is 1.30. The van der Waals surface area contributed by atoms with Crippen LogP contribution < -0.4 is 5.43 Å². The molecule has 1 atom stereocenters. The molecule has 0 aliphatic carbocycles. The van der Waals surface area contributed by atoms with Crippen LogP contribution in [0.5, 0.6) is 0 Å². The molecule has 1 aromatic carbocycles. The van der Waals surface area contributed by atoms with E-state index in [1.165, 1.54) is 7.11 Å². The van der Waals surface area contributed by atoms with Gasteiger partial charge < -0.3 is 4.74 Å². The molecule has 0 fully saturated rings. The van der Waals surface area contributed by atoms with Crippen LogP contribution in [0.4, 0.5) is 0 Å². The molecule has 0 aliphatic heterocycles. The van der Waals surface area contributed by atoms with Gasteiger partial charge in [-0.1, -0.05) is 30.3 Å². The van der Waals surface area contributed by atoms with Crippen molar-refractivity contribution in [3.63, 3.8) is 0 Å². The van der Waals surface area contributed by atoms with Gasteiger partial charge in [0.15, 0.2) is 11.1 Å².